The average Bonchev–Trinajstić information content (AvgIpc) is 3.21. The van der Waals surface area contributed by atoms with Crippen LogP contribution in [0.5, 0.6) is 0 Å². The summed E-state index contributed by atoms with van der Waals surface area (Å²) in [7, 11) is 0. The van der Waals surface area contributed by atoms with E-state index in [0.717, 1.165) is 53.4 Å². The molecular weight excluding hydrogens is 358 g/mol. The van der Waals surface area contributed by atoms with Gasteiger partial charge in [-0.25, -0.2) is 4.98 Å². The van der Waals surface area contributed by atoms with Crippen molar-refractivity contribution in [3.05, 3.63) is 64.9 Å². The van der Waals surface area contributed by atoms with Crippen LogP contribution >= 0.6 is 11.6 Å². The van der Waals surface area contributed by atoms with Crippen LogP contribution < -0.4 is 0 Å². The second kappa shape index (κ2) is 7.73. The fraction of sp³-hybridized carbons (Fsp3) is 0.364. The third-order valence-electron chi connectivity index (χ3n) is 5.28. The van der Waals surface area contributed by atoms with Gasteiger partial charge in [0.1, 0.15) is 5.82 Å². The number of halogens is 1. The highest BCUT2D eigenvalue weighted by molar-refractivity contribution is 6.30. The van der Waals surface area contributed by atoms with E-state index >= 15 is 0 Å². The van der Waals surface area contributed by atoms with E-state index in [0.29, 0.717) is 13.0 Å². The zero-order valence-corrected chi connectivity index (χ0v) is 16.3. The van der Waals surface area contributed by atoms with E-state index in [2.05, 4.69) is 23.6 Å². The molecule has 1 aromatic heterocycles. The van der Waals surface area contributed by atoms with Crippen molar-refractivity contribution < 1.29 is 4.79 Å². The van der Waals surface area contributed by atoms with Crippen LogP contribution in [-0.4, -0.2) is 33.4 Å². The van der Waals surface area contributed by atoms with Crippen molar-refractivity contribution in [3.63, 3.8) is 0 Å². The topological polar surface area (TPSA) is 38.1 Å². The Morgan fingerprint density at radius 2 is 2.04 bits per heavy atom. The van der Waals surface area contributed by atoms with Crippen LogP contribution in [0.1, 0.15) is 43.5 Å². The van der Waals surface area contributed by atoms with E-state index in [1.54, 1.807) is 0 Å². The number of unbranched alkanes of at least 4 members (excludes halogenated alkanes) is 1. The molecule has 1 aliphatic rings. The fourth-order valence-corrected chi connectivity index (χ4v) is 4.11. The summed E-state index contributed by atoms with van der Waals surface area (Å²) >= 11 is 6.18. The number of rotatable bonds is 6. The van der Waals surface area contributed by atoms with E-state index in [-0.39, 0.29) is 11.8 Å². The zero-order chi connectivity index (χ0) is 18.8. The second-order valence-electron chi connectivity index (χ2n) is 7.27. The van der Waals surface area contributed by atoms with Gasteiger partial charge in [-0.3, -0.25) is 4.79 Å². The molecule has 0 saturated carbocycles. The largest absolute Gasteiger partial charge is 0.342 e. The van der Waals surface area contributed by atoms with E-state index in [1.165, 1.54) is 0 Å². The number of carbonyl (C=O) groups excluding carboxylic acids is 1. The SMILES string of the molecule is CCCCN1C[C@H](c2nc3ccccc3n2Cc2cccc(Cl)c2)CC1=O. The molecule has 1 saturated heterocycles. The molecule has 0 radical (unpaired) electrons. The smallest absolute Gasteiger partial charge is 0.223 e. The van der Waals surface area contributed by atoms with Gasteiger partial charge in [0.2, 0.25) is 5.91 Å². The van der Waals surface area contributed by atoms with Crippen molar-refractivity contribution in [2.75, 3.05) is 13.1 Å². The second-order valence-corrected chi connectivity index (χ2v) is 7.71. The maximum Gasteiger partial charge on any atom is 0.223 e. The minimum absolute atomic E-state index is 0.140. The molecule has 4 nitrogen and oxygen atoms in total. The van der Waals surface area contributed by atoms with E-state index in [9.17, 15) is 4.79 Å². The summed E-state index contributed by atoms with van der Waals surface area (Å²) < 4.78 is 2.25. The standard InChI is InChI=1S/C22H24ClN3O/c1-2-3-11-25-15-17(13-21(25)27)22-24-19-9-4-5-10-20(19)26(22)14-16-7-6-8-18(23)12-16/h4-10,12,17H,2-3,11,13-15H2,1H3/t17-/m1/s1. The number of para-hydroxylation sites is 2. The molecule has 4 rings (SSSR count). The number of hydrogen-bond donors (Lipinski definition) is 0. The number of imidazole rings is 1. The van der Waals surface area contributed by atoms with Crippen molar-refractivity contribution in [2.24, 2.45) is 0 Å². The molecule has 3 aromatic rings. The van der Waals surface area contributed by atoms with Gasteiger partial charge in [-0.05, 0) is 36.2 Å². The summed E-state index contributed by atoms with van der Waals surface area (Å²) in [6.45, 7) is 4.47. The fourth-order valence-electron chi connectivity index (χ4n) is 3.90. The van der Waals surface area contributed by atoms with Gasteiger partial charge in [-0.15, -0.1) is 0 Å². The lowest BCUT2D eigenvalue weighted by atomic mass is 10.1. The molecule has 140 valence electrons. The van der Waals surface area contributed by atoms with Crippen LogP contribution in [0, 0.1) is 0 Å². The lowest BCUT2D eigenvalue weighted by Crippen LogP contribution is -2.26. The highest BCUT2D eigenvalue weighted by Gasteiger charge is 2.33. The lowest BCUT2D eigenvalue weighted by molar-refractivity contribution is -0.127. The van der Waals surface area contributed by atoms with Crippen LogP contribution in [0.25, 0.3) is 11.0 Å². The Bertz CT molecular complexity index is 965. The van der Waals surface area contributed by atoms with Crippen molar-refractivity contribution >= 4 is 28.5 Å². The maximum atomic E-state index is 12.5. The van der Waals surface area contributed by atoms with Gasteiger partial charge in [0, 0.05) is 37.0 Å². The lowest BCUT2D eigenvalue weighted by Gasteiger charge is -2.17. The molecule has 0 unspecified atom stereocenters. The molecule has 2 aromatic carbocycles. The Labute approximate surface area is 164 Å². The number of carbonyl (C=O) groups is 1. The van der Waals surface area contributed by atoms with Crippen molar-refractivity contribution in [1.82, 2.24) is 14.5 Å². The Hall–Kier alpha value is -2.33. The molecule has 0 bridgehead atoms. The molecule has 1 amide bonds. The maximum absolute atomic E-state index is 12.5. The first-order valence-electron chi connectivity index (χ1n) is 9.63. The van der Waals surface area contributed by atoms with Gasteiger partial charge in [-0.2, -0.15) is 0 Å². The van der Waals surface area contributed by atoms with Crippen LogP contribution in [-0.2, 0) is 11.3 Å². The van der Waals surface area contributed by atoms with Crippen LogP contribution in [0.15, 0.2) is 48.5 Å². The van der Waals surface area contributed by atoms with Crippen LogP contribution in [0.4, 0.5) is 0 Å². The molecule has 0 N–H and O–H groups in total. The van der Waals surface area contributed by atoms with Crippen LogP contribution in [0.2, 0.25) is 5.02 Å². The molecule has 5 heteroatoms. The highest BCUT2D eigenvalue weighted by Crippen LogP contribution is 2.31. The molecule has 1 aliphatic heterocycles. The quantitative estimate of drug-likeness (QED) is 0.611. The first-order chi connectivity index (χ1) is 13.2. The molecular formula is C22H24ClN3O. The Morgan fingerprint density at radius 1 is 1.19 bits per heavy atom. The Kier molecular flexibility index (Phi) is 5.17. The number of benzene rings is 2. The first kappa shape index (κ1) is 18.1. The average molecular weight is 382 g/mol. The number of nitrogens with zero attached hydrogens (tertiary/aromatic N) is 3. The number of aromatic nitrogens is 2. The van der Waals surface area contributed by atoms with Gasteiger partial charge in [0.25, 0.3) is 0 Å². The van der Waals surface area contributed by atoms with Gasteiger partial charge >= 0.3 is 0 Å². The van der Waals surface area contributed by atoms with Crippen molar-refractivity contribution in [2.45, 2.75) is 38.6 Å². The zero-order valence-electron chi connectivity index (χ0n) is 15.6. The van der Waals surface area contributed by atoms with E-state index in [4.69, 9.17) is 16.6 Å². The van der Waals surface area contributed by atoms with Gasteiger partial charge < -0.3 is 9.47 Å². The summed E-state index contributed by atoms with van der Waals surface area (Å²) in [5, 5.41) is 0.736. The summed E-state index contributed by atoms with van der Waals surface area (Å²) in [5.74, 6) is 1.39. The third-order valence-corrected chi connectivity index (χ3v) is 5.51. The molecule has 0 spiro atoms. The number of likely N-dealkylation sites (tertiary alicyclic amines) is 1. The first-order valence-corrected chi connectivity index (χ1v) is 10.0. The minimum Gasteiger partial charge on any atom is -0.342 e. The number of amides is 1. The predicted octanol–water partition coefficient (Wildman–Crippen LogP) is 4.85. The minimum atomic E-state index is 0.140. The number of fused-ring (bicyclic) bond motifs is 1. The molecule has 0 aliphatic carbocycles. The Morgan fingerprint density at radius 3 is 2.85 bits per heavy atom. The molecule has 1 atom stereocenters. The van der Waals surface area contributed by atoms with Crippen molar-refractivity contribution in [1.29, 1.82) is 0 Å². The molecule has 2 heterocycles. The third kappa shape index (κ3) is 3.72. The molecule has 1 fully saturated rings. The van der Waals surface area contributed by atoms with Gasteiger partial charge in [0.05, 0.1) is 11.0 Å². The number of hydrogen-bond acceptors (Lipinski definition) is 2. The van der Waals surface area contributed by atoms with Crippen LogP contribution in [0.3, 0.4) is 0 Å². The normalized spacial score (nSPS) is 17.2. The summed E-state index contributed by atoms with van der Waals surface area (Å²) in [5.41, 5.74) is 3.22. The summed E-state index contributed by atoms with van der Waals surface area (Å²) in [6, 6.07) is 16.1. The summed E-state index contributed by atoms with van der Waals surface area (Å²) in [6.07, 6.45) is 2.70. The van der Waals surface area contributed by atoms with Gasteiger partial charge in [0.15, 0.2) is 0 Å². The van der Waals surface area contributed by atoms with E-state index in [1.807, 2.05) is 41.3 Å². The highest BCUT2D eigenvalue weighted by atomic mass is 35.5. The van der Waals surface area contributed by atoms with Gasteiger partial charge in [-0.1, -0.05) is 49.2 Å². The molecule has 27 heavy (non-hydrogen) atoms. The van der Waals surface area contributed by atoms with E-state index < -0.39 is 0 Å². The van der Waals surface area contributed by atoms with Crippen molar-refractivity contribution in [3.8, 4) is 0 Å². The Balaban J connectivity index is 1.69. The summed E-state index contributed by atoms with van der Waals surface area (Å²) in [4.78, 5) is 19.4. The predicted molar refractivity (Wildman–Crippen MR) is 109 cm³/mol. The monoisotopic (exact) mass is 381 g/mol.